The van der Waals surface area contributed by atoms with Crippen LogP contribution in [0, 0.1) is 5.41 Å². The first kappa shape index (κ1) is 27.6. The highest BCUT2D eigenvalue weighted by Crippen LogP contribution is 2.40. The summed E-state index contributed by atoms with van der Waals surface area (Å²) >= 11 is 0. The van der Waals surface area contributed by atoms with E-state index in [1.165, 1.54) is 30.1 Å². The number of carboxylic acids is 1. The van der Waals surface area contributed by atoms with Gasteiger partial charge in [-0.25, -0.2) is 4.79 Å². The lowest BCUT2D eigenvalue weighted by Gasteiger charge is -2.32. The smallest absolute Gasteiger partial charge is 0.326 e. The minimum atomic E-state index is -4.31. The standard InChI is InChI=1S/C24H35NO6S/c1-17(11-12-20-19(3)10-7-14-24(20,4)5)8-6-9-18(2)16-22(26)25-21(23(27)28)13-15-32(29,30)31/h6,8-9,11-12,16,21H,7,10,13-15H2,1-5H3,(H,25,26)(H,27,28)(H,29,30,31)/b9-6+,12-11+,17-8-,18-16+/t21-/m1/s1. The zero-order chi connectivity index (χ0) is 24.5. The van der Waals surface area contributed by atoms with Crippen LogP contribution in [0.2, 0.25) is 0 Å². The van der Waals surface area contributed by atoms with Crippen molar-refractivity contribution in [2.75, 3.05) is 5.75 Å². The van der Waals surface area contributed by atoms with E-state index in [9.17, 15) is 18.0 Å². The number of nitrogens with one attached hydrogen (secondary N) is 1. The third-order valence-corrected chi connectivity index (χ3v) is 6.16. The fourth-order valence-corrected chi connectivity index (χ4v) is 4.16. The molecule has 7 nitrogen and oxygen atoms in total. The molecule has 1 rings (SSSR count). The molecule has 0 aromatic rings. The highest BCUT2D eigenvalue weighted by atomic mass is 32.2. The molecule has 0 aliphatic heterocycles. The number of hydrogen-bond donors (Lipinski definition) is 3. The van der Waals surface area contributed by atoms with Gasteiger partial charge >= 0.3 is 5.97 Å². The predicted molar refractivity (Wildman–Crippen MR) is 127 cm³/mol. The van der Waals surface area contributed by atoms with Crippen LogP contribution in [0.1, 0.15) is 60.3 Å². The number of rotatable bonds is 10. The molecule has 8 heteroatoms. The van der Waals surface area contributed by atoms with Crippen molar-refractivity contribution in [1.82, 2.24) is 5.32 Å². The number of carbonyl (C=O) groups excluding carboxylic acids is 1. The minimum Gasteiger partial charge on any atom is -0.480 e. The van der Waals surface area contributed by atoms with Gasteiger partial charge in [-0.2, -0.15) is 8.42 Å². The van der Waals surface area contributed by atoms with Crippen LogP contribution in [0.15, 0.2) is 58.7 Å². The number of carboxylic acid groups (broad SMARTS) is 1. The van der Waals surface area contributed by atoms with Gasteiger partial charge in [-0.15, -0.1) is 0 Å². The van der Waals surface area contributed by atoms with Crippen molar-refractivity contribution in [3.05, 3.63) is 58.7 Å². The Kier molecular flexibility index (Phi) is 10.3. The van der Waals surface area contributed by atoms with Crippen molar-refractivity contribution >= 4 is 22.0 Å². The summed E-state index contributed by atoms with van der Waals surface area (Å²) in [5.74, 6) is -2.78. The van der Waals surface area contributed by atoms with Gasteiger partial charge in [-0.05, 0) is 63.0 Å². The van der Waals surface area contributed by atoms with E-state index in [4.69, 9.17) is 9.66 Å². The van der Waals surface area contributed by atoms with Gasteiger partial charge in [0.05, 0.1) is 5.75 Å². The first-order chi connectivity index (χ1) is 14.7. The van der Waals surface area contributed by atoms with Gasteiger partial charge < -0.3 is 10.4 Å². The zero-order valence-corrected chi connectivity index (χ0v) is 20.3. The molecule has 178 valence electrons. The van der Waals surface area contributed by atoms with Crippen LogP contribution in [0.4, 0.5) is 0 Å². The SMILES string of the molecule is CC1=C(/C=C/C(C)=C\C=C\C(C)=C\C(=O)N[C@H](CCS(=O)(=O)O)C(=O)O)C(C)(C)CCC1. The Hall–Kier alpha value is -2.45. The van der Waals surface area contributed by atoms with Gasteiger partial charge in [0.15, 0.2) is 0 Å². The highest BCUT2D eigenvalue weighted by Gasteiger charge is 2.26. The van der Waals surface area contributed by atoms with Gasteiger partial charge in [0.1, 0.15) is 6.04 Å². The largest absolute Gasteiger partial charge is 0.480 e. The molecule has 1 amide bonds. The minimum absolute atomic E-state index is 0.177. The summed E-state index contributed by atoms with van der Waals surface area (Å²) in [6.45, 7) is 10.4. The van der Waals surface area contributed by atoms with E-state index >= 15 is 0 Å². The van der Waals surface area contributed by atoms with E-state index in [2.05, 4.69) is 38.2 Å². The fourth-order valence-electron chi connectivity index (χ4n) is 3.62. The average Bonchev–Trinajstić information content (AvgIpc) is 2.63. The summed E-state index contributed by atoms with van der Waals surface area (Å²) in [4.78, 5) is 23.2. The lowest BCUT2D eigenvalue weighted by atomic mass is 9.72. The molecule has 1 atom stereocenters. The molecule has 0 aromatic heterocycles. The van der Waals surface area contributed by atoms with E-state index in [0.29, 0.717) is 5.57 Å². The maximum absolute atomic E-state index is 12.0. The van der Waals surface area contributed by atoms with Crippen LogP contribution in [-0.2, 0) is 19.7 Å². The number of allylic oxidation sites excluding steroid dienone is 9. The molecule has 0 unspecified atom stereocenters. The lowest BCUT2D eigenvalue weighted by Crippen LogP contribution is -2.41. The summed E-state index contributed by atoms with van der Waals surface area (Å²) in [6, 6.07) is -1.41. The number of hydrogen-bond acceptors (Lipinski definition) is 4. The van der Waals surface area contributed by atoms with E-state index in [1.807, 2.05) is 13.0 Å². The average molecular weight is 466 g/mol. The van der Waals surface area contributed by atoms with Crippen molar-refractivity contribution in [3.8, 4) is 0 Å². The third kappa shape index (κ3) is 10.2. The molecular formula is C24H35NO6S. The molecule has 0 fully saturated rings. The Morgan fingerprint density at radius 3 is 2.41 bits per heavy atom. The highest BCUT2D eigenvalue weighted by molar-refractivity contribution is 7.85. The molecule has 1 aliphatic rings. The Labute approximate surface area is 191 Å². The Morgan fingerprint density at radius 1 is 1.19 bits per heavy atom. The summed E-state index contributed by atoms with van der Waals surface area (Å²) in [5.41, 5.74) is 4.64. The number of carbonyl (C=O) groups is 2. The monoisotopic (exact) mass is 465 g/mol. The van der Waals surface area contributed by atoms with Gasteiger partial charge in [0.2, 0.25) is 5.91 Å². The molecule has 0 saturated carbocycles. The van der Waals surface area contributed by atoms with Crippen molar-refractivity contribution in [1.29, 1.82) is 0 Å². The first-order valence-electron chi connectivity index (χ1n) is 10.6. The topological polar surface area (TPSA) is 121 Å². The third-order valence-electron chi connectivity index (χ3n) is 5.41. The Bertz CT molecular complexity index is 964. The summed E-state index contributed by atoms with van der Waals surface area (Å²) in [7, 11) is -4.31. The second-order valence-corrected chi connectivity index (χ2v) is 10.5. The van der Waals surface area contributed by atoms with Crippen LogP contribution in [0.5, 0.6) is 0 Å². The summed E-state index contributed by atoms with van der Waals surface area (Å²) in [6.07, 6.45) is 14.1. The second kappa shape index (κ2) is 12.0. The number of aliphatic carboxylic acids is 1. The maximum Gasteiger partial charge on any atom is 0.326 e. The number of amides is 1. The van der Waals surface area contributed by atoms with Crippen LogP contribution in [0.25, 0.3) is 0 Å². The zero-order valence-electron chi connectivity index (χ0n) is 19.5. The van der Waals surface area contributed by atoms with Crippen molar-refractivity contribution in [2.45, 2.75) is 66.3 Å². The van der Waals surface area contributed by atoms with Crippen molar-refractivity contribution < 1.29 is 27.7 Å². The van der Waals surface area contributed by atoms with Crippen molar-refractivity contribution in [3.63, 3.8) is 0 Å². The first-order valence-corrected chi connectivity index (χ1v) is 12.2. The molecule has 32 heavy (non-hydrogen) atoms. The molecule has 0 heterocycles. The van der Waals surface area contributed by atoms with Crippen LogP contribution in [0.3, 0.4) is 0 Å². The lowest BCUT2D eigenvalue weighted by molar-refractivity contribution is -0.141. The Balaban J connectivity index is 2.74. The van der Waals surface area contributed by atoms with Gasteiger partial charge in [0.25, 0.3) is 10.1 Å². The van der Waals surface area contributed by atoms with E-state index < -0.39 is 40.2 Å². The fraction of sp³-hybridized carbons (Fsp3) is 0.500. The van der Waals surface area contributed by atoms with Crippen LogP contribution in [-0.4, -0.2) is 41.7 Å². The van der Waals surface area contributed by atoms with Gasteiger partial charge in [0, 0.05) is 6.08 Å². The molecule has 0 aromatic carbocycles. The van der Waals surface area contributed by atoms with E-state index in [0.717, 1.165) is 12.0 Å². The maximum atomic E-state index is 12.0. The molecule has 0 radical (unpaired) electrons. The van der Waals surface area contributed by atoms with E-state index in [-0.39, 0.29) is 5.41 Å². The molecule has 0 saturated heterocycles. The normalized spacial score (nSPS) is 18.9. The quantitative estimate of drug-likeness (QED) is 0.250. The molecule has 0 bridgehead atoms. The molecule has 0 spiro atoms. The van der Waals surface area contributed by atoms with E-state index in [1.54, 1.807) is 19.1 Å². The molecule has 1 aliphatic carbocycles. The second-order valence-electron chi connectivity index (χ2n) is 8.90. The van der Waals surface area contributed by atoms with Crippen LogP contribution >= 0.6 is 0 Å². The van der Waals surface area contributed by atoms with Gasteiger partial charge in [-0.1, -0.05) is 55.4 Å². The Morgan fingerprint density at radius 2 is 1.84 bits per heavy atom. The molecular weight excluding hydrogens is 430 g/mol. The van der Waals surface area contributed by atoms with Gasteiger partial charge in [-0.3, -0.25) is 9.35 Å². The summed E-state index contributed by atoms with van der Waals surface area (Å²) < 4.78 is 30.3. The summed E-state index contributed by atoms with van der Waals surface area (Å²) in [5, 5.41) is 11.3. The van der Waals surface area contributed by atoms with Crippen molar-refractivity contribution in [2.24, 2.45) is 5.41 Å². The molecule has 3 N–H and O–H groups in total. The predicted octanol–water partition coefficient (Wildman–Crippen LogP) is 4.37. The van der Waals surface area contributed by atoms with Crippen LogP contribution < -0.4 is 5.32 Å².